The molecule has 2 N–H and O–H groups in total. The first-order valence-corrected chi connectivity index (χ1v) is 5.66. The van der Waals surface area contributed by atoms with E-state index >= 15 is 0 Å². The van der Waals surface area contributed by atoms with Crippen molar-refractivity contribution >= 4 is 17.5 Å². The summed E-state index contributed by atoms with van der Waals surface area (Å²) < 4.78 is 0. The minimum absolute atomic E-state index is 0.0139. The number of rotatable bonds is 4. The Morgan fingerprint density at radius 2 is 1.88 bits per heavy atom. The van der Waals surface area contributed by atoms with Crippen molar-refractivity contribution in [2.75, 3.05) is 11.9 Å². The first kappa shape index (κ1) is 13.2. The molecule has 92 valence electrons. The topological polar surface area (TPSA) is 58.2 Å². The molecule has 2 amide bonds. The SMILES string of the molecule is CCC(=O)NCC(=O)Nc1ccc(C)cc1C. The Morgan fingerprint density at radius 1 is 1.18 bits per heavy atom. The molecule has 0 aliphatic carbocycles. The summed E-state index contributed by atoms with van der Waals surface area (Å²) in [6.45, 7) is 5.70. The molecule has 4 heteroatoms. The van der Waals surface area contributed by atoms with Crippen LogP contribution in [-0.2, 0) is 9.59 Å². The lowest BCUT2D eigenvalue weighted by atomic mass is 10.1. The molecule has 0 aliphatic heterocycles. The third-order valence-corrected chi connectivity index (χ3v) is 2.42. The van der Waals surface area contributed by atoms with Gasteiger partial charge in [-0.15, -0.1) is 0 Å². The highest BCUT2D eigenvalue weighted by Gasteiger charge is 2.05. The van der Waals surface area contributed by atoms with Gasteiger partial charge in [-0.2, -0.15) is 0 Å². The van der Waals surface area contributed by atoms with Gasteiger partial charge in [0, 0.05) is 12.1 Å². The van der Waals surface area contributed by atoms with Crippen LogP contribution in [0.2, 0.25) is 0 Å². The predicted octanol–water partition coefficient (Wildman–Crippen LogP) is 1.77. The highest BCUT2D eigenvalue weighted by molar-refractivity contribution is 5.95. The lowest BCUT2D eigenvalue weighted by Crippen LogP contribution is -2.32. The normalized spacial score (nSPS) is 9.82. The zero-order valence-corrected chi connectivity index (χ0v) is 10.5. The molecule has 0 heterocycles. The molecule has 0 bridgehead atoms. The summed E-state index contributed by atoms with van der Waals surface area (Å²) in [6.07, 6.45) is 0.386. The van der Waals surface area contributed by atoms with Gasteiger partial charge in [0.2, 0.25) is 11.8 Å². The molecule has 0 radical (unpaired) electrons. The fraction of sp³-hybridized carbons (Fsp3) is 0.385. The first-order valence-electron chi connectivity index (χ1n) is 5.66. The van der Waals surface area contributed by atoms with E-state index in [0.717, 1.165) is 16.8 Å². The number of carbonyl (C=O) groups excluding carboxylic acids is 2. The average Bonchev–Trinajstić information content (AvgIpc) is 2.29. The molecule has 0 saturated carbocycles. The first-order chi connectivity index (χ1) is 8.02. The van der Waals surface area contributed by atoms with Crippen LogP contribution in [0.3, 0.4) is 0 Å². The molecule has 0 aliphatic rings. The van der Waals surface area contributed by atoms with Crippen LogP contribution >= 0.6 is 0 Å². The van der Waals surface area contributed by atoms with Crippen LogP contribution in [-0.4, -0.2) is 18.4 Å². The molecule has 0 spiro atoms. The predicted molar refractivity (Wildman–Crippen MR) is 67.8 cm³/mol. The summed E-state index contributed by atoms with van der Waals surface area (Å²) in [7, 11) is 0. The molecule has 1 rings (SSSR count). The molecule has 0 atom stereocenters. The van der Waals surface area contributed by atoms with Crippen molar-refractivity contribution in [2.45, 2.75) is 27.2 Å². The largest absolute Gasteiger partial charge is 0.347 e. The van der Waals surface area contributed by atoms with Crippen molar-refractivity contribution in [1.29, 1.82) is 0 Å². The van der Waals surface area contributed by atoms with Gasteiger partial charge in [0.1, 0.15) is 0 Å². The molecule has 4 nitrogen and oxygen atoms in total. The zero-order chi connectivity index (χ0) is 12.8. The van der Waals surface area contributed by atoms with Crippen LogP contribution in [0.15, 0.2) is 18.2 Å². The maximum atomic E-state index is 11.5. The van der Waals surface area contributed by atoms with Crippen molar-refractivity contribution in [3.8, 4) is 0 Å². The van der Waals surface area contributed by atoms with Crippen LogP contribution in [0.25, 0.3) is 0 Å². The summed E-state index contributed by atoms with van der Waals surface area (Å²) >= 11 is 0. The smallest absolute Gasteiger partial charge is 0.243 e. The van der Waals surface area contributed by atoms with Gasteiger partial charge in [0.15, 0.2) is 0 Å². The van der Waals surface area contributed by atoms with Gasteiger partial charge < -0.3 is 10.6 Å². The van der Waals surface area contributed by atoms with Gasteiger partial charge in [-0.3, -0.25) is 9.59 Å². The summed E-state index contributed by atoms with van der Waals surface area (Å²) in [5.41, 5.74) is 2.95. The van der Waals surface area contributed by atoms with E-state index < -0.39 is 0 Å². The van der Waals surface area contributed by atoms with Gasteiger partial charge >= 0.3 is 0 Å². The molecule has 0 fully saturated rings. The standard InChI is InChI=1S/C13H18N2O2/c1-4-12(16)14-8-13(17)15-11-6-5-9(2)7-10(11)3/h5-7H,4,8H2,1-3H3,(H,14,16)(H,15,17). The van der Waals surface area contributed by atoms with Crippen molar-refractivity contribution < 1.29 is 9.59 Å². The average molecular weight is 234 g/mol. The van der Waals surface area contributed by atoms with E-state index in [4.69, 9.17) is 0 Å². The molecular formula is C13H18N2O2. The molecule has 0 unspecified atom stereocenters. The van der Waals surface area contributed by atoms with E-state index in [0.29, 0.717) is 6.42 Å². The molecule has 0 saturated heterocycles. The van der Waals surface area contributed by atoms with Crippen LogP contribution in [0, 0.1) is 13.8 Å². The molecule has 0 aromatic heterocycles. The maximum Gasteiger partial charge on any atom is 0.243 e. The fourth-order valence-electron chi connectivity index (χ4n) is 1.45. The summed E-state index contributed by atoms with van der Waals surface area (Å²) in [6, 6.07) is 5.80. The van der Waals surface area contributed by atoms with Crippen LogP contribution in [0.5, 0.6) is 0 Å². The second-order valence-corrected chi connectivity index (χ2v) is 4.00. The number of hydrogen-bond acceptors (Lipinski definition) is 2. The van der Waals surface area contributed by atoms with Gasteiger partial charge in [-0.25, -0.2) is 0 Å². The fourth-order valence-corrected chi connectivity index (χ4v) is 1.45. The minimum Gasteiger partial charge on any atom is -0.347 e. The number of hydrogen-bond donors (Lipinski definition) is 2. The van der Waals surface area contributed by atoms with Crippen molar-refractivity contribution in [2.24, 2.45) is 0 Å². The third-order valence-electron chi connectivity index (χ3n) is 2.42. The van der Waals surface area contributed by atoms with E-state index in [2.05, 4.69) is 10.6 Å². The monoisotopic (exact) mass is 234 g/mol. The number of carbonyl (C=O) groups is 2. The van der Waals surface area contributed by atoms with Gasteiger partial charge in [0.25, 0.3) is 0 Å². The summed E-state index contributed by atoms with van der Waals surface area (Å²) in [5.74, 6) is -0.334. The van der Waals surface area contributed by atoms with E-state index in [9.17, 15) is 9.59 Å². The number of amides is 2. The highest BCUT2D eigenvalue weighted by atomic mass is 16.2. The Morgan fingerprint density at radius 3 is 2.47 bits per heavy atom. The van der Waals surface area contributed by atoms with E-state index in [1.165, 1.54) is 0 Å². The van der Waals surface area contributed by atoms with Gasteiger partial charge in [-0.1, -0.05) is 24.6 Å². The lowest BCUT2D eigenvalue weighted by molar-refractivity contribution is -0.123. The Bertz CT molecular complexity index is 427. The van der Waals surface area contributed by atoms with E-state index in [1.807, 2.05) is 32.0 Å². The molecular weight excluding hydrogens is 216 g/mol. The number of nitrogens with one attached hydrogen (secondary N) is 2. The van der Waals surface area contributed by atoms with Crippen LogP contribution < -0.4 is 10.6 Å². The van der Waals surface area contributed by atoms with Crippen molar-refractivity contribution in [1.82, 2.24) is 5.32 Å². The number of aryl methyl sites for hydroxylation is 2. The lowest BCUT2D eigenvalue weighted by Gasteiger charge is -2.09. The maximum absolute atomic E-state index is 11.5. The molecule has 17 heavy (non-hydrogen) atoms. The van der Waals surface area contributed by atoms with E-state index in [1.54, 1.807) is 6.92 Å². The molecule has 1 aromatic rings. The number of anilines is 1. The second kappa shape index (κ2) is 6.03. The molecule has 1 aromatic carbocycles. The van der Waals surface area contributed by atoms with E-state index in [-0.39, 0.29) is 18.4 Å². The van der Waals surface area contributed by atoms with Crippen LogP contribution in [0.4, 0.5) is 5.69 Å². The van der Waals surface area contributed by atoms with Crippen molar-refractivity contribution in [3.63, 3.8) is 0 Å². The quantitative estimate of drug-likeness (QED) is 0.834. The second-order valence-electron chi connectivity index (χ2n) is 4.00. The highest BCUT2D eigenvalue weighted by Crippen LogP contribution is 2.15. The van der Waals surface area contributed by atoms with Gasteiger partial charge in [0.05, 0.1) is 6.54 Å². The van der Waals surface area contributed by atoms with Crippen molar-refractivity contribution in [3.05, 3.63) is 29.3 Å². The number of benzene rings is 1. The Hall–Kier alpha value is -1.84. The zero-order valence-electron chi connectivity index (χ0n) is 10.5. The van der Waals surface area contributed by atoms with Crippen LogP contribution in [0.1, 0.15) is 24.5 Å². The summed E-state index contributed by atoms with van der Waals surface area (Å²) in [5, 5.41) is 5.30. The Labute approximate surface area is 101 Å². The minimum atomic E-state index is -0.209. The summed E-state index contributed by atoms with van der Waals surface area (Å²) in [4.78, 5) is 22.5. The Balaban J connectivity index is 2.53. The Kier molecular flexibility index (Phi) is 4.69. The third kappa shape index (κ3) is 4.26. The van der Waals surface area contributed by atoms with Gasteiger partial charge in [-0.05, 0) is 25.5 Å².